The van der Waals surface area contributed by atoms with E-state index < -0.39 is 5.54 Å². The number of nitrogens with two attached hydrogens (primary N) is 1. The molecule has 0 spiro atoms. The van der Waals surface area contributed by atoms with Crippen LogP contribution in [-0.4, -0.2) is 24.8 Å². The van der Waals surface area contributed by atoms with Crippen molar-refractivity contribution in [2.45, 2.75) is 46.3 Å². The Labute approximate surface area is 107 Å². The molecule has 0 atom stereocenters. The maximum atomic E-state index is 5.99. The van der Waals surface area contributed by atoms with Crippen molar-refractivity contribution in [3.63, 3.8) is 0 Å². The molecule has 0 saturated carbocycles. The van der Waals surface area contributed by atoms with Crippen LogP contribution in [0.2, 0.25) is 0 Å². The number of aryl methyl sites for hydroxylation is 2. The molecule has 0 aliphatic carbocycles. The summed E-state index contributed by atoms with van der Waals surface area (Å²) in [5.74, 6) is 0. The molecule has 6 nitrogen and oxygen atoms in total. The third-order valence-electron chi connectivity index (χ3n) is 2.81. The molecule has 0 aromatic carbocycles. The van der Waals surface area contributed by atoms with Gasteiger partial charge in [-0.25, -0.2) is 4.68 Å². The highest BCUT2D eigenvalue weighted by molar-refractivity contribution is 5.11. The molecule has 0 saturated heterocycles. The highest BCUT2D eigenvalue weighted by Crippen LogP contribution is 2.13. The summed E-state index contributed by atoms with van der Waals surface area (Å²) < 4.78 is 3.77. The molecule has 0 fully saturated rings. The fraction of sp³-hybridized carbons (Fsp3) is 0.583. The van der Waals surface area contributed by atoms with Crippen LogP contribution in [0.5, 0.6) is 0 Å². The quantitative estimate of drug-likeness (QED) is 0.877. The van der Waals surface area contributed by atoms with E-state index in [1.54, 1.807) is 4.68 Å². The Morgan fingerprint density at radius 1 is 1.39 bits per heavy atom. The molecular formula is C12H20N6. The molecule has 18 heavy (non-hydrogen) atoms. The third kappa shape index (κ3) is 2.59. The molecule has 2 heterocycles. The van der Waals surface area contributed by atoms with Crippen molar-refractivity contribution in [2.75, 3.05) is 0 Å². The smallest absolute Gasteiger partial charge is 0.102 e. The Morgan fingerprint density at radius 2 is 2.11 bits per heavy atom. The average Bonchev–Trinajstić information content (AvgIpc) is 2.85. The zero-order valence-corrected chi connectivity index (χ0v) is 11.4. The predicted molar refractivity (Wildman–Crippen MR) is 69.0 cm³/mol. The molecule has 0 amide bonds. The number of hydrogen-bond acceptors (Lipinski definition) is 4. The first kappa shape index (κ1) is 12.8. The highest BCUT2D eigenvalue weighted by Gasteiger charge is 2.18. The van der Waals surface area contributed by atoms with E-state index >= 15 is 0 Å². The van der Waals surface area contributed by atoms with Gasteiger partial charge in [-0.1, -0.05) is 5.21 Å². The van der Waals surface area contributed by atoms with Crippen LogP contribution in [0, 0.1) is 6.92 Å². The van der Waals surface area contributed by atoms with Gasteiger partial charge in [0.1, 0.15) is 5.69 Å². The second kappa shape index (κ2) is 4.53. The molecule has 0 unspecified atom stereocenters. The fourth-order valence-electron chi connectivity index (χ4n) is 1.84. The zero-order valence-electron chi connectivity index (χ0n) is 11.4. The second-order valence-electron chi connectivity index (χ2n) is 5.12. The first-order chi connectivity index (χ1) is 8.40. The van der Waals surface area contributed by atoms with Gasteiger partial charge >= 0.3 is 0 Å². The summed E-state index contributed by atoms with van der Waals surface area (Å²) in [5.41, 5.74) is 8.47. The number of aromatic nitrogens is 5. The largest absolute Gasteiger partial charge is 0.320 e. The van der Waals surface area contributed by atoms with Crippen molar-refractivity contribution in [1.29, 1.82) is 0 Å². The minimum Gasteiger partial charge on any atom is -0.320 e. The molecular weight excluding hydrogens is 228 g/mol. The van der Waals surface area contributed by atoms with Gasteiger partial charge in [-0.3, -0.25) is 4.68 Å². The lowest BCUT2D eigenvalue weighted by Crippen LogP contribution is -2.29. The Balaban J connectivity index is 2.21. The molecule has 0 bridgehead atoms. The lowest BCUT2D eigenvalue weighted by molar-refractivity contribution is 0.533. The molecule has 2 aromatic heterocycles. The molecule has 98 valence electrons. The monoisotopic (exact) mass is 248 g/mol. The van der Waals surface area contributed by atoms with Gasteiger partial charge in [0, 0.05) is 6.54 Å². The SMILES string of the molecule is CCn1nc(C)cc1Cn1cc(C(C)(C)N)nn1. The van der Waals surface area contributed by atoms with Crippen LogP contribution >= 0.6 is 0 Å². The van der Waals surface area contributed by atoms with Crippen molar-refractivity contribution in [2.24, 2.45) is 5.73 Å². The minimum atomic E-state index is -0.459. The maximum absolute atomic E-state index is 5.99. The van der Waals surface area contributed by atoms with Crippen molar-refractivity contribution in [3.8, 4) is 0 Å². The van der Waals surface area contributed by atoms with Gasteiger partial charge < -0.3 is 5.73 Å². The minimum absolute atomic E-state index is 0.459. The molecule has 2 N–H and O–H groups in total. The first-order valence-corrected chi connectivity index (χ1v) is 6.13. The van der Waals surface area contributed by atoms with E-state index in [1.165, 1.54) is 0 Å². The highest BCUT2D eigenvalue weighted by atomic mass is 15.4. The van der Waals surface area contributed by atoms with Crippen LogP contribution < -0.4 is 5.73 Å². The zero-order chi connectivity index (χ0) is 13.3. The van der Waals surface area contributed by atoms with E-state index in [-0.39, 0.29) is 0 Å². The van der Waals surface area contributed by atoms with E-state index in [0.717, 1.165) is 23.6 Å². The van der Waals surface area contributed by atoms with Crippen LogP contribution in [0.4, 0.5) is 0 Å². The van der Waals surface area contributed by atoms with Crippen LogP contribution in [0.1, 0.15) is 37.9 Å². The van der Waals surface area contributed by atoms with E-state index in [4.69, 9.17) is 5.73 Å². The van der Waals surface area contributed by atoms with Crippen molar-refractivity contribution >= 4 is 0 Å². The summed E-state index contributed by atoms with van der Waals surface area (Å²) in [5, 5.41) is 12.6. The van der Waals surface area contributed by atoms with Gasteiger partial charge in [0.2, 0.25) is 0 Å². The summed E-state index contributed by atoms with van der Waals surface area (Å²) in [4.78, 5) is 0. The second-order valence-corrected chi connectivity index (χ2v) is 5.12. The third-order valence-corrected chi connectivity index (χ3v) is 2.81. The fourth-order valence-corrected chi connectivity index (χ4v) is 1.84. The van der Waals surface area contributed by atoms with Gasteiger partial charge in [0.05, 0.1) is 29.7 Å². The van der Waals surface area contributed by atoms with Gasteiger partial charge in [-0.2, -0.15) is 5.10 Å². The summed E-state index contributed by atoms with van der Waals surface area (Å²) in [6, 6.07) is 2.07. The number of rotatable bonds is 4. The Kier molecular flexibility index (Phi) is 3.21. The number of hydrogen-bond donors (Lipinski definition) is 1. The molecule has 2 aromatic rings. The van der Waals surface area contributed by atoms with E-state index in [9.17, 15) is 0 Å². The van der Waals surface area contributed by atoms with Crippen molar-refractivity contribution in [1.82, 2.24) is 24.8 Å². The van der Waals surface area contributed by atoms with Gasteiger partial charge in [-0.05, 0) is 33.8 Å². The van der Waals surface area contributed by atoms with Crippen LogP contribution in [-0.2, 0) is 18.6 Å². The van der Waals surface area contributed by atoms with E-state index in [0.29, 0.717) is 6.54 Å². The Morgan fingerprint density at radius 3 is 2.67 bits per heavy atom. The summed E-state index contributed by atoms with van der Waals surface area (Å²) in [6.45, 7) is 9.42. The molecule has 6 heteroatoms. The molecule has 2 rings (SSSR count). The summed E-state index contributed by atoms with van der Waals surface area (Å²) >= 11 is 0. The van der Waals surface area contributed by atoms with Crippen LogP contribution in [0.3, 0.4) is 0 Å². The predicted octanol–water partition coefficient (Wildman–Crippen LogP) is 1.05. The maximum Gasteiger partial charge on any atom is 0.102 e. The lowest BCUT2D eigenvalue weighted by Gasteiger charge is -2.13. The molecule has 0 aliphatic rings. The van der Waals surface area contributed by atoms with Crippen molar-refractivity contribution in [3.05, 3.63) is 29.3 Å². The topological polar surface area (TPSA) is 74.5 Å². The normalized spacial score (nSPS) is 12.1. The molecule has 0 aliphatic heterocycles. The first-order valence-electron chi connectivity index (χ1n) is 6.13. The van der Waals surface area contributed by atoms with Gasteiger partial charge in [-0.15, -0.1) is 5.10 Å². The average molecular weight is 248 g/mol. The Hall–Kier alpha value is -1.69. The molecule has 0 radical (unpaired) electrons. The van der Waals surface area contributed by atoms with Gasteiger partial charge in [0.15, 0.2) is 0 Å². The van der Waals surface area contributed by atoms with Gasteiger partial charge in [0.25, 0.3) is 0 Å². The van der Waals surface area contributed by atoms with E-state index in [2.05, 4.69) is 28.4 Å². The van der Waals surface area contributed by atoms with Crippen LogP contribution in [0.25, 0.3) is 0 Å². The van der Waals surface area contributed by atoms with Crippen LogP contribution in [0.15, 0.2) is 12.3 Å². The van der Waals surface area contributed by atoms with Crippen molar-refractivity contribution < 1.29 is 0 Å². The summed E-state index contributed by atoms with van der Waals surface area (Å²) in [7, 11) is 0. The summed E-state index contributed by atoms with van der Waals surface area (Å²) in [6.07, 6.45) is 1.89. The standard InChI is InChI=1S/C12H20N6/c1-5-18-10(6-9(2)15-18)7-17-8-11(14-16-17)12(3,4)13/h6,8H,5,7,13H2,1-4H3. The number of nitrogens with zero attached hydrogens (tertiary/aromatic N) is 5. The Bertz CT molecular complexity index is 531. The lowest BCUT2D eigenvalue weighted by atomic mass is 10.0. The van der Waals surface area contributed by atoms with E-state index in [1.807, 2.05) is 31.6 Å².